The van der Waals surface area contributed by atoms with Gasteiger partial charge in [-0.1, -0.05) is 18.2 Å². The molecule has 2 fully saturated rings. The Hall–Kier alpha value is -1.62. The summed E-state index contributed by atoms with van der Waals surface area (Å²) in [7, 11) is 0. The monoisotopic (exact) mass is 289 g/mol. The molecule has 1 aromatic carbocycles. The molecule has 20 heavy (non-hydrogen) atoms. The SMILES string of the molecule is O=C1CCC2CN(C(=S)Nc3ccccc3)CCC2N1. The number of nitrogens with one attached hydrogen (secondary N) is 2. The maximum Gasteiger partial charge on any atom is 0.220 e. The van der Waals surface area contributed by atoms with Gasteiger partial charge in [-0.25, -0.2) is 0 Å². The van der Waals surface area contributed by atoms with Crippen LogP contribution in [0.3, 0.4) is 0 Å². The van der Waals surface area contributed by atoms with Crippen LogP contribution in [0.15, 0.2) is 30.3 Å². The molecule has 2 aliphatic heterocycles. The number of hydrogen-bond acceptors (Lipinski definition) is 2. The molecule has 106 valence electrons. The fourth-order valence-electron chi connectivity index (χ4n) is 3.02. The number of fused-ring (bicyclic) bond motifs is 1. The third kappa shape index (κ3) is 2.93. The smallest absolute Gasteiger partial charge is 0.220 e. The summed E-state index contributed by atoms with van der Waals surface area (Å²) in [5, 5.41) is 7.17. The molecule has 2 atom stereocenters. The number of carbonyl (C=O) groups excluding carboxylic acids is 1. The van der Waals surface area contributed by atoms with E-state index in [0.29, 0.717) is 18.4 Å². The summed E-state index contributed by atoms with van der Waals surface area (Å²) in [4.78, 5) is 13.6. The second-order valence-corrected chi connectivity index (χ2v) is 5.89. The molecule has 1 aromatic rings. The molecule has 4 nitrogen and oxygen atoms in total. The molecule has 0 bridgehead atoms. The van der Waals surface area contributed by atoms with Gasteiger partial charge in [0.05, 0.1) is 0 Å². The van der Waals surface area contributed by atoms with Crippen LogP contribution < -0.4 is 10.6 Å². The van der Waals surface area contributed by atoms with E-state index in [0.717, 1.165) is 36.7 Å². The average Bonchev–Trinajstić information content (AvgIpc) is 2.47. The first-order valence-corrected chi connectivity index (χ1v) is 7.53. The number of thiocarbonyl (C=S) groups is 1. The van der Waals surface area contributed by atoms with Crippen molar-refractivity contribution in [3.05, 3.63) is 30.3 Å². The molecule has 2 N–H and O–H groups in total. The molecular weight excluding hydrogens is 270 g/mol. The quantitative estimate of drug-likeness (QED) is 0.776. The van der Waals surface area contributed by atoms with E-state index in [1.165, 1.54) is 0 Å². The minimum absolute atomic E-state index is 0.199. The van der Waals surface area contributed by atoms with Gasteiger partial charge < -0.3 is 15.5 Å². The van der Waals surface area contributed by atoms with Gasteiger partial charge in [-0.2, -0.15) is 0 Å². The lowest BCUT2D eigenvalue weighted by Crippen LogP contribution is -2.55. The Kier molecular flexibility index (Phi) is 3.87. The van der Waals surface area contributed by atoms with Crippen LogP contribution in [0.2, 0.25) is 0 Å². The van der Waals surface area contributed by atoms with Crippen molar-refractivity contribution >= 4 is 28.9 Å². The number of hydrogen-bond donors (Lipinski definition) is 2. The predicted molar refractivity (Wildman–Crippen MR) is 83.5 cm³/mol. The molecule has 0 aliphatic carbocycles. The number of amides is 1. The normalized spacial score (nSPS) is 25.6. The number of rotatable bonds is 1. The van der Waals surface area contributed by atoms with Crippen molar-refractivity contribution in [2.24, 2.45) is 5.92 Å². The van der Waals surface area contributed by atoms with E-state index in [4.69, 9.17) is 12.2 Å². The van der Waals surface area contributed by atoms with E-state index in [1.807, 2.05) is 30.3 Å². The van der Waals surface area contributed by atoms with Gasteiger partial charge in [0, 0.05) is 31.2 Å². The van der Waals surface area contributed by atoms with Crippen LogP contribution in [0.5, 0.6) is 0 Å². The van der Waals surface area contributed by atoms with Crippen molar-refractivity contribution in [1.29, 1.82) is 0 Å². The van der Waals surface area contributed by atoms with Crippen LogP contribution in [-0.2, 0) is 4.79 Å². The molecule has 5 heteroatoms. The predicted octanol–water partition coefficient (Wildman–Crippen LogP) is 1.98. The lowest BCUT2D eigenvalue weighted by atomic mass is 9.85. The third-order valence-corrected chi connectivity index (χ3v) is 4.50. The molecule has 2 saturated heterocycles. The van der Waals surface area contributed by atoms with E-state index >= 15 is 0 Å². The van der Waals surface area contributed by atoms with E-state index in [-0.39, 0.29) is 5.91 Å². The molecule has 0 aromatic heterocycles. The van der Waals surface area contributed by atoms with Crippen molar-refractivity contribution in [3.63, 3.8) is 0 Å². The Morgan fingerprint density at radius 2 is 2.10 bits per heavy atom. The molecule has 1 amide bonds. The maximum absolute atomic E-state index is 11.4. The molecule has 2 heterocycles. The van der Waals surface area contributed by atoms with Crippen LogP contribution in [0.25, 0.3) is 0 Å². The fraction of sp³-hybridized carbons (Fsp3) is 0.467. The first kappa shape index (κ1) is 13.4. The largest absolute Gasteiger partial charge is 0.353 e. The first-order chi connectivity index (χ1) is 9.72. The standard InChI is InChI=1S/C15H19N3OS/c19-14-7-6-11-10-18(9-8-13(11)17-14)15(20)16-12-4-2-1-3-5-12/h1-5,11,13H,6-10H2,(H,16,20)(H,17,19). The van der Waals surface area contributed by atoms with Crippen LogP contribution in [0.4, 0.5) is 5.69 Å². The molecule has 3 rings (SSSR count). The van der Waals surface area contributed by atoms with E-state index in [1.54, 1.807) is 0 Å². The molecule has 0 radical (unpaired) electrons. The molecule has 0 spiro atoms. The lowest BCUT2D eigenvalue weighted by molar-refractivity contribution is -0.125. The zero-order valence-corrected chi connectivity index (χ0v) is 12.2. The number of piperidine rings is 2. The first-order valence-electron chi connectivity index (χ1n) is 7.13. The van der Waals surface area contributed by atoms with Gasteiger partial charge in [-0.05, 0) is 43.1 Å². The minimum atomic E-state index is 0.199. The van der Waals surface area contributed by atoms with Gasteiger partial charge in [0.1, 0.15) is 0 Å². The van der Waals surface area contributed by atoms with Crippen LogP contribution >= 0.6 is 12.2 Å². The van der Waals surface area contributed by atoms with E-state index in [2.05, 4.69) is 15.5 Å². The summed E-state index contributed by atoms with van der Waals surface area (Å²) in [6.07, 6.45) is 2.60. The highest BCUT2D eigenvalue weighted by Gasteiger charge is 2.34. The third-order valence-electron chi connectivity index (χ3n) is 4.13. The summed E-state index contributed by atoms with van der Waals surface area (Å²) >= 11 is 5.50. The zero-order valence-electron chi connectivity index (χ0n) is 11.3. The summed E-state index contributed by atoms with van der Waals surface area (Å²) in [6.45, 7) is 1.84. The molecule has 2 aliphatic rings. The van der Waals surface area contributed by atoms with Gasteiger partial charge in [0.25, 0.3) is 0 Å². The van der Waals surface area contributed by atoms with Crippen molar-refractivity contribution < 1.29 is 4.79 Å². The van der Waals surface area contributed by atoms with Gasteiger partial charge in [-0.15, -0.1) is 0 Å². The van der Waals surface area contributed by atoms with Crippen molar-refractivity contribution in [3.8, 4) is 0 Å². The summed E-state index contributed by atoms with van der Waals surface area (Å²) < 4.78 is 0. The highest BCUT2D eigenvalue weighted by atomic mass is 32.1. The molecule has 2 unspecified atom stereocenters. The minimum Gasteiger partial charge on any atom is -0.353 e. The number of benzene rings is 1. The van der Waals surface area contributed by atoms with Gasteiger partial charge in [0.2, 0.25) is 5.91 Å². The van der Waals surface area contributed by atoms with Crippen LogP contribution in [0, 0.1) is 5.92 Å². The summed E-state index contributed by atoms with van der Waals surface area (Å²) in [5.41, 5.74) is 1.02. The van der Waals surface area contributed by atoms with Crippen LogP contribution in [-0.4, -0.2) is 35.1 Å². The van der Waals surface area contributed by atoms with Crippen molar-refractivity contribution in [1.82, 2.24) is 10.2 Å². The topological polar surface area (TPSA) is 44.4 Å². The Morgan fingerprint density at radius 1 is 1.30 bits per heavy atom. The van der Waals surface area contributed by atoms with Gasteiger partial charge >= 0.3 is 0 Å². The van der Waals surface area contributed by atoms with Gasteiger partial charge in [-0.3, -0.25) is 4.79 Å². The molecular formula is C15H19N3OS. The van der Waals surface area contributed by atoms with Crippen LogP contribution in [0.1, 0.15) is 19.3 Å². The number of anilines is 1. The van der Waals surface area contributed by atoms with Crippen molar-refractivity contribution in [2.45, 2.75) is 25.3 Å². The Bertz CT molecular complexity index is 505. The summed E-state index contributed by atoms with van der Waals surface area (Å²) in [6, 6.07) is 10.3. The highest BCUT2D eigenvalue weighted by molar-refractivity contribution is 7.80. The highest BCUT2D eigenvalue weighted by Crippen LogP contribution is 2.25. The van der Waals surface area contributed by atoms with E-state index in [9.17, 15) is 4.79 Å². The Balaban J connectivity index is 1.59. The number of para-hydroxylation sites is 1. The maximum atomic E-state index is 11.4. The lowest BCUT2D eigenvalue weighted by Gasteiger charge is -2.42. The van der Waals surface area contributed by atoms with Crippen molar-refractivity contribution in [2.75, 3.05) is 18.4 Å². The number of likely N-dealkylation sites (tertiary alicyclic amines) is 1. The number of carbonyl (C=O) groups is 1. The summed E-state index contributed by atoms with van der Waals surface area (Å²) in [5.74, 6) is 0.724. The molecule has 0 saturated carbocycles. The van der Waals surface area contributed by atoms with Gasteiger partial charge in [0.15, 0.2) is 5.11 Å². The Morgan fingerprint density at radius 3 is 2.90 bits per heavy atom. The number of nitrogens with zero attached hydrogens (tertiary/aromatic N) is 1. The second-order valence-electron chi connectivity index (χ2n) is 5.50. The Labute approximate surface area is 124 Å². The second kappa shape index (κ2) is 5.79. The fourth-order valence-corrected chi connectivity index (χ4v) is 3.30. The zero-order chi connectivity index (χ0) is 13.9. The van der Waals surface area contributed by atoms with E-state index < -0.39 is 0 Å². The average molecular weight is 289 g/mol.